The van der Waals surface area contributed by atoms with Gasteiger partial charge >= 0.3 is 0 Å². The molecule has 0 saturated carbocycles. The van der Waals surface area contributed by atoms with Crippen molar-refractivity contribution in [3.63, 3.8) is 0 Å². The SMILES string of the molecule is CC(C)=CCCC(C)=CCc1c(O)ccc2c1O[C@H]1c3ccc(O)cc3OC[C@H]21. The van der Waals surface area contributed by atoms with Crippen molar-refractivity contribution in [1.82, 2.24) is 0 Å². The van der Waals surface area contributed by atoms with Gasteiger partial charge in [-0.3, -0.25) is 0 Å². The highest BCUT2D eigenvalue weighted by Crippen LogP contribution is 2.53. The molecule has 29 heavy (non-hydrogen) atoms. The zero-order valence-electron chi connectivity index (χ0n) is 17.2. The summed E-state index contributed by atoms with van der Waals surface area (Å²) < 4.78 is 12.3. The number of benzene rings is 2. The minimum atomic E-state index is -0.155. The molecular formula is C25H28O4. The van der Waals surface area contributed by atoms with Crippen molar-refractivity contribution >= 4 is 0 Å². The first-order valence-corrected chi connectivity index (χ1v) is 10.2. The fourth-order valence-corrected chi connectivity index (χ4v) is 4.12. The van der Waals surface area contributed by atoms with Crippen molar-refractivity contribution < 1.29 is 19.7 Å². The Hall–Kier alpha value is -2.88. The number of hydrogen-bond acceptors (Lipinski definition) is 4. The lowest BCUT2D eigenvalue weighted by atomic mass is 9.88. The summed E-state index contributed by atoms with van der Waals surface area (Å²) in [6, 6.07) is 8.86. The first-order chi connectivity index (χ1) is 13.9. The predicted molar refractivity (Wildman–Crippen MR) is 114 cm³/mol. The smallest absolute Gasteiger partial charge is 0.138 e. The van der Waals surface area contributed by atoms with Gasteiger partial charge in [0.1, 0.15) is 29.1 Å². The quantitative estimate of drug-likeness (QED) is 0.618. The molecule has 2 N–H and O–H groups in total. The van der Waals surface area contributed by atoms with Crippen molar-refractivity contribution in [3.8, 4) is 23.0 Å². The van der Waals surface area contributed by atoms with E-state index in [9.17, 15) is 10.2 Å². The summed E-state index contributed by atoms with van der Waals surface area (Å²) in [4.78, 5) is 0. The van der Waals surface area contributed by atoms with E-state index in [1.807, 2.05) is 12.1 Å². The van der Waals surface area contributed by atoms with Crippen molar-refractivity contribution in [3.05, 3.63) is 70.3 Å². The summed E-state index contributed by atoms with van der Waals surface area (Å²) in [6.07, 6.45) is 6.96. The maximum atomic E-state index is 10.5. The molecule has 4 rings (SSSR count). The second-order valence-corrected chi connectivity index (χ2v) is 8.23. The molecule has 0 fully saturated rings. The zero-order valence-corrected chi connectivity index (χ0v) is 17.2. The van der Waals surface area contributed by atoms with Crippen LogP contribution in [0.1, 0.15) is 62.3 Å². The minimum absolute atomic E-state index is 0.0872. The van der Waals surface area contributed by atoms with Crippen LogP contribution in [0.2, 0.25) is 0 Å². The maximum Gasteiger partial charge on any atom is 0.138 e. The van der Waals surface area contributed by atoms with Crippen LogP contribution in [0.15, 0.2) is 53.6 Å². The Labute approximate surface area is 172 Å². The Kier molecular flexibility index (Phi) is 5.27. The van der Waals surface area contributed by atoms with E-state index in [0.717, 1.165) is 35.3 Å². The Morgan fingerprint density at radius 1 is 1.07 bits per heavy atom. The normalized spacial score (nSPS) is 19.5. The molecule has 0 aliphatic carbocycles. The van der Waals surface area contributed by atoms with Gasteiger partial charge in [-0.25, -0.2) is 0 Å². The molecular weight excluding hydrogens is 364 g/mol. The Morgan fingerprint density at radius 2 is 1.86 bits per heavy atom. The molecule has 0 aromatic heterocycles. The summed E-state index contributed by atoms with van der Waals surface area (Å²) in [5, 5.41) is 20.3. The van der Waals surface area contributed by atoms with Crippen LogP contribution in [0.3, 0.4) is 0 Å². The van der Waals surface area contributed by atoms with Crippen molar-refractivity contribution in [1.29, 1.82) is 0 Å². The summed E-state index contributed by atoms with van der Waals surface area (Å²) in [5.74, 6) is 1.98. The number of aromatic hydroxyl groups is 2. The van der Waals surface area contributed by atoms with Crippen LogP contribution in [0.5, 0.6) is 23.0 Å². The third kappa shape index (κ3) is 3.84. The summed E-state index contributed by atoms with van der Waals surface area (Å²) in [6.45, 7) is 6.86. The van der Waals surface area contributed by atoms with Crippen LogP contribution in [0.4, 0.5) is 0 Å². The van der Waals surface area contributed by atoms with E-state index in [1.54, 1.807) is 18.2 Å². The van der Waals surface area contributed by atoms with E-state index in [0.29, 0.717) is 18.8 Å². The number of ether oxygens (including phenoxy) is 2. The van der Waals surface area contributed by atoms with Crippen molar-refractivity contribution in [2.45, 2.75) is 52.1 Å². The van der Waals surface area contributed by atoms with Gasteiger partial charge in [0, 0.05) is 22.8 Å². The first kappa shape index (κ1) is 19.4. The molecule has 4 heteroatoms. The molecule has 152 valence electrons. The minimum Gasteiger partial charge on any atom is -0.508 e. The number of rotatable bonds is 5. The lowest BCUT2D eigenvalue weighted by Gasteiger charge is -2.27. The van der Waals surface area contributed by atoms with Crippen LogP contribution < -0.4 is 9.47 Å². The van der Waals surface area contributed by atoms with Gasteiger partial charge in [-0.1, -0.05) is 29.4 Å². The van der Waals surface area contributed by atoms with E-state index in [2.05, 4.69) is 32.9 Å². The lowest BCUT2D eigenvalue weighted by molar-refractivity contribution is 0.138. The highest BCUT2D eigenvalue weighted by atomic mass is 16.5. The average molecular weight is 392 g/mol. The Balaban J connectivity index is 1.59. The van der Waals surface area contributed by atoms with Gasteiger partial charge in [0.15, 0.2) is 0 Å². The Bertz CT molecular complexity index is 983. The molecule has 2 aromatic rings. The van der Waals surface area contributed by atoms with E-state index >= 15 is 0 Å². The van der Waals surface area contributed by atoms with Crippen LogP contribution in [0.25, 0.3) is 0 Å². The molecule has 2 aromatic carbocycles. The number of hydrogen-bond donors (Lipinski definition) is 2. The number of allylic oxidation sites excluding steroid dienone is 4. The average Bonchev–Trinajstić information content (AvgIpc) is 3.05. The standard InChI is InChI=1S/C25H28O4/c1-15(2)5-4-6-16(3)7-9-19-22(27)12-11-18-21-14-28-23-13-17(26)8-10-20(23)25(21)29-24(18)19/h5,7-8,10-13,21,25-27H,4,6,9,14H2,1-3H3/t21-,25+/m1/s1. The van der Waals surface area contributed by atoms with Gasteiger partial charge in [0.05, 0.1) is 12.5 Å². The summed E-state index contributed by atoms with van der Waals surface area (Å²) in [5.41, 5.74) is 5.49. The maximum absolute atomic E-state index is 10.5. The third-order valence-electron chi connectivity index (χ3n) is 5.74. The van der Waals surface area contributed by atoms with Crippen molar-refractivity contribution in [2.75, 3.05) is 6.61 Å². The molecule has 4 nitrogen and oxygen atoms in total. The fraction of sp³-hybridized carbons (Fsp3) is 0.360. The van der Waals surface area contributed by atoms with Gasteiger partial charge in [0.25, 0.3) is 0 Å². The van der Waals surface area contributed by atoms with Crippen LogP contribution >= 0.6 is 0 Å². The molecule has 0 saturated heterocycles. The monoisotopic (exact) mass is 392 g/mol. The topological polar surface area (TPSA) is 58.9 Å². The van der Waals surface area contributed by atoms with Gasteiger partial charge in [-0.05, 0) is 58.2 Å². The lowest BCUT2D eigenvalue weighted by Crippen LogP contribution is -2.22. The predicted octanol–water partition coefficient (Wildman–Crippen LogP) is 5.94. The Morgan fingerprint density at radius 3 is 2.66 bits per heavy atom. The summed E-state index contributed by atoms with van der Waals surface area (Å²) in [7, 11) is 0. The van der Waals surface area contributed by atoms with Crippen molar-refractivity contribution in [2.24, 2.45) is 0 Å². The van der Waals surface area contributed by atoms with Gasteiger partial charge < -0.3 is 19.7 Å². The van der Waals surface area contributed by atoms with Gasteiger partial charge in [-0.2, -0.15) is 0 Å². The third-order valence-corrected chi connectivity index (χ3v) is 5.74. The van der Waals surface area contributed by atoms with E-state index < -0.39 is 0 Å². The van der Waals surface area contributed by atoms with E-state index in [-0.39, 0.29) is 23.5 Å². The van der Waals surface area contributed by atoms with E-state index in [1.165, 1.54) is 11.1 Å². The van der Waals surface area contributed by atoms with E-state index in [4.69, 9.17) is 9.47 Å². The molecule has 2 aliphatic heterocycles. The second-order valence-electron chi connectivity index (χ2n) is 8.23. The van der Waals surface area contributed by atoms with Crippen LogP contribution in [-0.2, 0) is 6.42 Å². The molecule has 2 atom stereocenters. The number of phenols is 2. The fourth-order valence-electron chi connectivity index (χ4n) is 4.12. The molecule has 2 aliphatic rings. The molecule has 0 unspecified atom stereocenters. The first-order valence-electron chi connectivity index (χ1n) is 10.2. The molecule has 0 spiro atoms. The molecule has 0 radical (unpaired) electrons. The molecule has 2 heterocycles. The molecule has 0 bridgehead atoms. The number of fused-ring (bicyclic) bond motifs is 5. The zero-order chi connectivity index (χ0) is 20.5. The summed E-state index contributed by atoms with van der Waals surface area (Å²) >= 11 is 0. The van der Waals surface area contributed by atoms with Gasteiger partial charge in [-0.15, -0.1) is 0 Å². The number of phenolic OH excluding ortho intramolecular Hbond substituents is 2. The largest absolute Gasteiger partial charge is 0.508 e. The van der Waals surface area contributed by atoms with Crippen LogP contribution in [0, 0.1) is 0 Å². The van der Waals surface area contributed by atoms with Gasteiger partial charge in [0.2, 0.25) is 0 Å². The highest BCUT2D eigenvalue weighted by Gasteiger charge is 2.42. The highest BCUT2D eigenvalue weighted by molar-refractivity contribution is 5.57. The second kappa shape index (κ2) is 7.86. The van der Waals surface area contributed by atoms with Crippen LogP contribution in [-0.4, -0.2) is 16.8 Å². The molecule has 0 amide bonds.